The highest BCUT2D eigenvalue weighted by Crippen LogP contribution is 2.43. The van der Waals surface area contributed by atoms with Crippen LogP contribution in [0.3, 0.4) is 0 Å². The highest BCUT2D eigenvalue weighted by molar-refractivity contribution is 5.60. The van der Waals surface area contributed by atoms with Crippen LogP contribution in [0, 0.1) is 0 Å². The lowest BCUT2D eigenvalue weighted by atomic mass is 9.76. The first-order chi connectivity index (χ1) is 37.6. The molecule has 0 saturated heterocycles. The van der Waals surface area contributed by atoms with Crippen LogP contribution in [0.4, 0.5) is 22.7 Å². The molecule has 0 radical (unpaired) electrons. The van der Waals surface area contributed by atoms with Gasteiger partial charge in [-0.2, -0.15) is 0 Å². The Kier molecular flexibility index (Phi) is 15.1. The van der Waals surface area contributed by atoms with E-state index in [9.17, 15) is 0 Å². The van der Waals surface area contributed by atoms with Gasteiger partial charge in [0.25, 0.3) is 0 Å². The van der Waals surface area contributed by atoms with Gasteiger partial charge in [-0.25, -0.2) is 0 Å². The van der Waals surface area contributed by atoms with Crippen LogP contribution in [-0.4, -0.2) is 53.7 Å². The number of hydrogen-bond acceptors (Lipinski definition) is 10. The van der Waals surface area contributed by atoms with E-state index in [1.807, 2.05) is 0 Å². The van der Waals surface area contributed by atoms with E-state index in [0.717, 1.165) is 75.5 Å². The molecule has 0 aliphatic carbocycles. The number of benzene rings is 8. The van der Waals surface area contributed by atoms with Crippen LogP contribution < -0.4 is 38.5 Å². The Morgan fingerprint density at radius 2 is 0.883 bits per heavy atom. The molecule has 3 aliphatic rings. The Balaban J connectivity index is 0.953. The number of anilines is 4. The molecule has 10 heteroatoms. The van der Waals surface area contributed by atoms with Crippen molar-refractivity contribution in [1.29, 1.82) is 0 Å². The molecular weight excluding hydrogens is 957 g/mol. The number of fused-ring (bicyclic) bond motifs is 3. The molecule has 8 aromatic rings. The maximum Gasteiger partial charge on any atom is 0.161 e. The number of hydrogen-bond donors (Lipinski definition) is 0. The van der Waals surface area contributed by atoms with Crippen molar-refractivity contribution < 1.29 is 28.4 Å². The lowest BCUT2D eigenvalue weighted by molar-refractivity contribution is 0.0542. The second kappa shape index (κ2) is 22.7. The fourth-order valence-corrected chi connectivity index (χ4v) is 10.9. The Hall–Kier alpha value is -7.92. The quantitative estimate of drug-likeness (QED) is 0.0732. The van der Waals surface area contributed by atoms with Gasteiger partial charge in [0.2, 0.25) is 0 Å². The average Bonchev–Trinajstić information content (AvgIpc) is 3.52. The molecule has 0 aromatic heterocycles. The van der Waals surface area contributed by atoms with Gasteiger partial charge < -0.3 is 48.0 Å². The molecule has 11 rings (SSSR count). The van der Waals surface area contributed by atoms with Crippen LogP contribution in [0.2, 0.25) is 0 Å². The molecule has 0 spiro atoms. The third-order valence-electron chi connectivity index (χ3n) is 15.6. The summed E-state index contributed by atoms with van der Waals surface area (Å²) in [6.45, 7) is 16.1. The Morgan fingerprint density at radius 1 is 0.442 bits per heavy atom. The van der Waals surface area contributed by atoms with Crippen molar-refractivity contribution >= 4 is 22.7 Å². The van der Waals surface area contributed by atoms with Crippen LogP contribution in [0.15, 0.2) is 188 Å². The fourth-order valence-electron chi connectivity index (χ4n) is 10.9. The maximum absolute atomic E-state index is 6.93. The van der Waals surface area contributed by atoms with Crippen molar-refractivity contribution in [3.05, 3.63) is 238 Å². The summed E-state index contributed by atoms with van der Waals surface area (Å²) < 4.78 is 37.4. The molecule has 0 fully saturated rings. The molecule has 3 heterocycles. The van der Waals surface area contributed by atoms with E-state index in [2.05, 4.69) is 235 Å². The zero-order valence-corrected chi connectivity index (χ0v) is 45.1. The SMILES string of the molecule is COCCOCCOc1ccc(C(C)(C)c2ccc3c(c2)CN(c2ccccc2)CO3)cc1CN(Cc1cc(C(C)(C)c2ccc3c(c2)CN(c2ccccc2)CO3)cc2c1OCN(c1ccccc1)C2)c1ccccc1. The molecule has 0 atom stereocenters. The highest BCUT2D eigenvalue weighted by Gasteiger charge is 2.32. The number of para-hydroxylation sites is 4. The van der Waals surface area contributed by atoms with E-state index >= 15 is 0 Å². The summed E-state index contributed by atoms with van der Waals surface area (Å²) >= 11 is 0. The van der Waals surface area contributed by atoms with Crippen LogP contribution in [0.5, 0.6) is 23.0 Å². The van der Waals surface area contributed by atoms with Gasteiger partial charge in [0.15, 0.2) is 20.2 Å². The summed E-state index contributed by atoms with van der Waals surface area (Å²) in [5, 5.41) is 0. The third-order valence-corrected chi connectivity index (χ3v) is 15.6. The zero-order valence-electron chi connectivity index (χ0n) is 45.1. The second-order valence-corrected chi connectivity index (χ2v) is 21.4. The van der Waals surface area contributed by atoms with Gasteiger partial charge in [-0.05, 0) is 119 Å². The number of nitrogens with zero attached hydrogens (tertiary/aromatic N) is 4. The molecule has 0 unspecified atom stereocenters. The van der Waals surface area contributed by atoms with E-state index in [4.69, 9.17) is 28.4 Å². The third kappa shape index (κ3) is 11.3. The molecule has 0 N–H and O–H groups in total. The summed E-state index contributed by atoms with van der Waals surface area (Å²) in [5.41, 5.74) is 14.4. The van der Waals surface area contributed by atoms with Crippen LogP contribution in [-0.2, 0) is 53.0 Å². The minimum absolute atomic E-state index is 0.363. The predicted octanol–water partition coefficient (Wildman–Crippen LogP) is 13.7. The number of ether oxygens (including phenoxy) is 6. The normalized spacial score (nSPS) is 14.1. The van der Waals surface area contributed by atoms with E-state index in [-0.39, 0.29) is 10.8 Å². The van der Waals surface area contributed by atoms with E-state index < -0.39 is 0 Å². The van der Waals surface area contributed by atoms with Gasteiger partial charge in [0.1, 0.15) is 29.6 Å². The molecule has 0 bridgehead atoms. The Morgan fingerprint density at radius 3 is 1.44 bits per heavy atom. The molecule has 77 heavy (non-hydrogen) atoms. The first-order valence-electron chi connectivity index (χ1n) is 26.9. The van der Waals surface area contributed by atoms with Gasteiger partial charge in [0.05, 0.1) is 19.8 Å². The Bertz CT molecular complexity index is 3260. The summed E-state index contributed by atoms with van der Waals surface area (Å²) in [6.07, 6.45) is 0. The lowest BCUT2D eigenvalue weighted by Crippen LogP contribution is -2.34. The van der Waals surface area contributed by atoms with Crippen molar-refractivity contribution in [3.8, 4) is 23.0 Å². The molecule has 394 valence electrons. The molecule has 0 saturated carbocycles. The van der Waals surface area contributed by atoms with Gasteiger partial charge in [0, 0.05) is 101 Å². The Labute approximate surface area is 454 Å². The number of methoxy groups -OCH3 is 1. The molecule has 0 amide bonds. The molecular formula is C67H70N4O6. The van der Waals surface area contributed by atoms with Crippen LogP contribution in [0.25, 0.3) is 0 Å². The van der Waals surface area contributed by atoms with E-state index in [1.165, 1.54) is 33.4 Å². The van der Waals surface area contributed by atoms with Crippen LogP contribution >= 0.6 is 0 Å². The van der Waals surface area contributed by atoms with Gasteiger partial charge >= 0.3 is 0 Å². The summed E-state index contributed by atoms with van der Waals surface area (Å²) in [6, 6.07) is 67.3. The first kappa shape index (κ1) is 51.2. The topological polar surface area (TPSA) is 68.3 Å². The minimum Gasteiger partial charge on any atom is -0.491 e. The van der Waals surface area contributed by atoms with Crippen LogP contribution in [0.1, 0.15) is 77.8 Å². The largest absolute Gasteiger partial charge is 0.491 e. The van der Waals surface area contributed by atoms with Gasteiger partial charge in [-0.1, -0.05) is 119 Å². The zero-order chi connectivity index (χ0) is 52.8. The van der Waals surface area contributed by atoms with E-state index in [0.29, 0.717) is 66.3 Å². The van der Waals surface area contributed by atoms with Gasteiger partial charge in [-0.3, -0.25) is 0 Å². The van der Waals surface area contributed by atoms with Crippen molar-refractivity contribution in [2.24, 2.45) is 0 Å². The fraction of sp³-hybridized carbons (Fsp3) is 0.284. The maximum atomic E-state index is 6.93. The lowest BCUT2D eigenvalue weighted by Gasteiger charge is -2.36. The summed E-state index contributed by atoms with van der Waals surface area (Å²) in [4.78, 5) is 9.35. The first-order valence-corrected chi connectivity index (χ1v) is 26.9. The van der Waals surface area contributed by atoms with Crippen molar-refractivity contribution in [2.45, 2.75) is 71.2 Å². The second-order valence-electron chi connectivity index (χ2n) is 21.4. The molecule has 8 aromatic carbocycles. The van der Waals surface area contributed by atoms with E-state index in [1.54, 1.807) is 7.11 Å². The molecule has 3 aliphatic heterocycles. The molecule has 10 nitrogen and oxygen atoms in total. The smallest absolute Gasteiger partial charge is 0.161 e. The summed E-state index contributed by atoms with van der Waals surface area (Å²) in [5.74, 6) is 3.64. The monoisotopic (exact) mass is 1030 g/mol. The van der Waals surface area contributed by atoms with Crippen molar-refractivity contribution in [1.82, 2.24) is 0 Å². The standard InChI is InChI=1S/C67H70N4O6/c1-66(2,55-27-30-63-50(37-55)42-69(46-75-63)59-20-12-7-13-21-59)54-26-29-62(74-35-34-73-33-32-72-5)49(36-54)41-68(58-18-10-6-11-19-58)44-52-39-57(40-53-45-71(48-77-65(52)53)61-24-16-9-17-25-61)67(3,4)56-28-31-64-51(38-56)43-70(47-76-64)60-22-14-8-15-23-60/h6-31,36-40H,32-35,41-48H2,1-5H3. The van der Waals surface area contributed by atoms with Crippen molar-refractivity contribution in [2.75, 3.05) is 73.3 Å². The van der Waals surface area contributed by atoms with Crippen molar-refractivity contribution in [3.63, 3.8) is 0 Å². The highest BCUT2D eigenvalue weighted by atomic mass is 16.5. The predicted molar refractivity (Wildman–Crippen MR) is 309 cm³/mol. The summed E-state index contributed by atoms with van der Waals surface area (Å²) in [7, 11) is 1.69. The minimum atomic E-state index is -0.380. The average molecular weight is 1030 g/mol. The number of rotatable bonds is 19. The van der Waals surface area contributed by atoms with Gasteiger partial charge in [-0.15, -0.1) is 0 Å².